The predicted octanol–water partition coefficient (Wildman–Crippen LogP) is 2.68. The molecule has 1 N–H and O–H groups in total. The van der Waals surface area contributed by atoms with Crippen LogP contribution in [0.5, 0.6) is 0 Å². The summed E-state index contributed by atoms with van der Waals surface area (Å²) in [4.78, 5) is 14.1. The van der Waals surface area contributed by atoms with E-state index in [1.165, 1.54) is 18.4 Å². The van der Waals surface area contributed by atoms with E-state index < -0.39 is 10.0 Å². The summed E-state index contributed by atoms with van der Waals surface area (Å²) in [6.07, 6.45) is 1.45. The fourth-order valence-corrected chi connectivity index (χ4v) is 3.96. The second kappa shape index (κ2) is 7.47. The van der Waals surface area contributed by atoms with Crippen LogP contribution in [-0.4, -0.2) is 39.3 Å². The van der Waals surface area contributed by atoms with E-state index in [2.05, 4.69) is 5.32 Å². The number of amides is 1. The zero-order valence-corrected chi connectivity index (χ0v) is 15.8. The average Bonchev–Trinajstić information content (AvgIpc) is 3.06. The Hall–Kier alpha value is -2.38. The van der Waals surface area contributed by atoms with Gasteiger partial charge in [0, 0.05) is 33.6 Å². The molecular weight excluding hydrogens is 350 g/mol. The largest absolute Gasteiger partial charge is 0.379 e. The molecule has 2 aromatic carbocycles. The van der Waals surface area contributed by atoms with Crippen molar-refractivity contribution in [3.8, 4) is 0 Å². The molecule has 1 fully saturated rings. The van der Waals surface area contributed by atoms with Crippen LogP contribution in [0.4, 0.5) is 11.4 Å². The zero-order valence-electron chi connectivity index (χ0n) is 15.0. The Morgan fingerprint density at radius 3 is 2.58 bits per heavy atom. The third-order valence-corrected chi connectivity index (χ3v) is 6.24. The smallest absolute Gasteiger partial charge is 0.242 e. The van der Waals surface area contributed by atoms with Gasteiger partial charge in [0.05, 0.1) is 16.3 Å². The van der Waals surface area contributed by atoms with Crippen LogP contribution in [0, 0.1) is 0 Å². The van der Waals surface area contributed by atoms with E-state index in [0.717, 1.165) is 29.9 Å². The average molecular weight is 373 g/mol. The van der Waals surface area contributed by atoms with Gasteiger partial charge in [-0.2, -0.15) is 0 Å². The standard InChI is InChI=1S/C19H23N3O3S/c1-21(2)26(24,25)16-8-5-7-15(13-16)14-20-17-9-3-4-10-18(17)22-12-6-11-19(22)23/h3-5,7-10,13,20H,6,11-12,14H2,1-2H3. The van der Waals surface area contributed by atoms with Crippen LogP contribution in [0.15, 0.2) is 53.4 Å². The molecule has 2 aromatic rings. The fraction of sp³-hybridized carbons (Fsp3) is 0.316. The number of sulfonamides is 1. The number of rotatable bonds is 6. The lowest BCUT2D eigenvalue weighted by Crippen LogP contribution is -2.24. The van der Waals surface area contributed by atoms with Gasteiger partial charge in [-0.3, -0.25) is 4.79 Å². The van der Waals surface area contributed by atoms with Crippen molar-refractivity contribution in [3.63, 3.8) is 0 Å². The molecule has 1 amide bonds. The van der Waals surface area contributed by atoms with Crippen molar-refractivity contribution in [2.24, 2.45) is 0 Å². The summed E-state index contributed by atoms with van der Waals surface area (Å²) in [5.41, 5.74) is 2.59. The van der Waals surface area contributed by atoms with Crippen LogP contribution in [0.25, 0.3) is 0 Å². The van der Waals surface area contributed by atoms with Crippen molar-refractivity contribution < 1.29 is 13.2 Å². The molecule has 1 aliphatic rings. The van der Waals surface area contributed by atoms with E-state index in [1.54, 1.807) is 23.1 Å². The van der Waals surface area contributed by atoms with Gasteiger partial charge in [-0.25, -0.2) is 12.7 Å². The molecule has 0 aromatic heterocycles. The molecule has 1 heterocycles. The van der Waals surface area contributed by atoms with Gasteiger partial charge in [0.1, 0.15) is 0 Å². The van der Waals surface area contributed by atoms with Crippen molar-refractivity contribution in [2.75, 3.05) is 30.9 Å². The predicted molar refractivity (Wildman–Crippen MR) is 103 cm³/mol. The number of hydrogen-bond donors (Lipinski definition) is 1. The molecule has 0 bridgehead atoms. The molecule has 138 valence electrons. The molecular formula is C19H23N3O3S. The monoisotopic (exact) mass is 373 g/mol. The maximum Gasteiger partial charge on any atom is 0.242 e. The van der Waals surface area contributed by atoms with Crippen LogP contribution < -0.4 is 10.2 Å². The van der Waals surface area contributed by atoms with Crippen molar-refractivity contribution in [2.45, 2.75) is 24.3 Å². The van der Waals surface area contributed by atoms with E-state index in [-0.39, 0.29) is 10.8 Å². The normalized spacial score (nSPS) is 14.9. The molecule has 0 aliphatic carbocycles. The van der Waals surface area contributed by atoms with Crippen molar-refractivity contribution in [1.82, 2.24) is 4.31 Å². The Morgan fingerprint density at radius 2 is 1.88 bits per heavy atom. The van der Waals surface area contributed by atoms with Crippen molar-refractivity contribution in [3.05, 3.63) is 54.1 Å². The highest BCUT2D eigenvalue weighted by Crippen LogP contribution is 2.29. The molecule has 0 unspecified atom stereocenters. The lowest BCUT2D eigenvalue weighted by molar-refractivity contribution is -0.117. The molecule has 0 atom stereocenters. The van der Waals surface area contributed by atoms with E-state index in [4.69, 9.17) is 0 Å². The number of nitrogens with zero attached hydrogens (tertiary/aromatic N) is 2. The number of para-hydroxylation sites is 2. The molecule has 3 rings (SSSR count). The lowest BCUT2D eigenvalue weighted by Gasteiger charge is -2.20. The topological polar surface area (TPSA) is 69.7 Å². The minimum Gasteiger partial charge on any atom is -0.379 e. The first kappa shape index (κ1) is 18.4. The third-order valence-electron chi connectivity index (χ3n) is 4.43. The Morgan fingerprint density at radius 1 is 1.12 bits per heavy atom. The van der Waals surface area contributed by atoms with Gasteiger partial charge in [-0.15, -0.1) is 0 Å². The highest BCUT2D eigenvalue weighted by Gasteiger charge is 2.23. The molecule has 0 saturated carbocycles. The first-order chi connectivity index (χ1) is 12.4. The summed E-state index contributed by atoms with van der Waals surface area (Å²) in [7, 11) is -0.423. The molecule has 1 saturated heterocycles. The van der Waals surface area contributed by atoms with Crippen LogP contribution >= 0.6 is 0 Å². The van der Waals surface area contributed by atoms with Gasteiger partial charge < -0.3 is 10.2 Å². The second-order valence-electron chi connectivity index (χ2n) is 6.45. The summed E-state index contributed by atoms with van der Waals surface area (Å²) in [6.45, 7) is 1.20. The number of anilines is 2. The number of benzene rings is 2. The molecule has 0 radical (unpaired) electrons. The second-order valence-corrected chi connectivity index (χ2v) is 8.61. The maximum atomic E-state index is 12.3. The summed E-state index contributed by atoms with van der Waals surface area (Å²) >= 11 is 0. The lowest BCUT2D eigenvalue weighted by atomic mass is 10.2. The number of hydrogen-bond acceptors (Lipinski definition) is 4. The molecule has 26 heavy (non-hydrogen) atoms. The van der Waals surface area contributed by atoms with Crippen molar-refractivity contribution in [1.29, 1.82) is 0 Å². The number of carbonyl (C=O) groups is 1. The molecule has 1 aliphatic heterocycles. The van der Waals surface area contributed by atoms with Crippen LogP contribution in [0.1, 0.15) is 18.4 Å². The van der Waals surface area contributed by atoms with Gasteiger partial charge in [0.15, 0.2) is 0 Å². The molecule has 6 nitrogen and oxygen atoms in total. The summed E-state index contributed by atoms with van der Waals surface area (Å²) in [5, 5.41) is 3.33. The molecule has 0 spiro atoms. The fourth-order valence-electron chi connectivity index (χ4n) is 2.99. The SMILES string of the molecule is CN(C)S(=O)(=O)c1cccc(CNc2ccccc2N2CCCC2=O)c1. The number of carbonyl (C=O) groups excluding carboxylic acids is 1. The number of nitrogens with one attached hydrogen (secondary N) is 1. The summed E-state index contributed by atoms with van der Waals surface area (Å²) in [6, 6.07) is 14.6. The minimum atomic E-state index is -3.46. The molecule has 7 heteroatoms. The third kappa shape index (κ3) is 3.73. The minimum absolute atomic E-state index is 0.137. The van der Waals surface area contributed by atoms with Crippen LogP contribution in [0.3, 0.4) is 0 Å². The summed E-state index contributed by atoms with van der Waals surface area (Å²) < 4.78 is 25.8. The summed E-state index contributed by atoms with van der Waals surface area (Å²) in [5.74, 6) is 0.137. The Labute approximate surface area is 154 Å². The van der Waals surface area contributed by atoms with E-state index in [9.17, 15) is 13.2 Å². The van der Waals surface area contributed by atoms with Crippen LogP contribution in [0.2, 0.25) is 0 Å². The van der Waals surface area contributed by atoms with Gasteiger partial charge >= 0.3 is 0 Å². The van der Waals surface area contributed by atoms with E-state index in [0.29, 0.717) is 13.0 Å². The Kier molecular flexibility index (Phi) is 5.29. The van der Waals surface area contributed by atoms with Gasteiger partial charge in [0.2, 0.25) is 15.9 Å². The quantitative estimate of drug-likeness (QED) is 0.845. The highest BCUT2D eigenvalue weighted by molar-refractivity contribution is 7.89. The van der Waals surface area contributed by atoms with Crippen LogP contribution in [-0.2, 0) is 21.4 Å². The highest BCUT2D eigenvalue weighted by atomic mass is 32.2. The van der Waals surface area contributed by atoms with Gasteiger partial charge in [-0.05, 0) is 36.2 Å². The van der Waals surface area contributed by atoms with Crippen molar-refractivity contribution >= 4 is 27.3 Å². The first-order valence-electron chi connectivity index (χ1n) is 8.54. The van der Waals surface area contributed by atoms with E-state index in [1.807, 2.05) is 30.3 Å². The first-order valence-corrected chi connectivity index (χ1v) is 9.98. The Bertz CT molecular complexity index is 910. The maximum absolute atomic E-state index is 12.3. The van der Waals surface area contributed by atoms with Gasteiger partial charge in [0.25, 0.3) is 0 Å². The van der Waals surface area contributed by atoms with E-state index >= 15 is 0 Å². The zero-order chi connectivity index (χ0) is 18.7. The van der Waals surface area contributed by atoms with Gasteiger partial charge in [-0.1, -0.05) is 24.3 Å². The Balaban J connectivity index is 1.80.